The maximum Gasteiger partial charge on any atom is 0.387 e. The van der Waals surface area contributed by atoms with Crippen LogP contribution >= 0.6 is 0 Å². The quantitative estimate of drug-likeness (QED) is 0.480. The Bertz CT molecular complexity index is 818. The number of benzene rings is 2. The lowest BCUT2D eigenvalue weighted by molar-refractivity contribution is -0.0512. The van der Waals surface area contributed by atoms with E-state index in [0.29, 0.717) is 23.5 Å². The van der Waals surface area contributed by atoms with E-state index in [1.807, 2.05) is 0 Å². The number of carbonyl (C=O) groups excluding carboxylic acids is 1. The van der Waals surface area contributed by atoms with E-state index in [9.17, 15) is 13.6 Å². The predicted octanol–water partition coefficient (Wildman–Crippen LogP) is 4.35. The number of methoxy groups -OCH3 is 3. The first kappa shape index (κ1) is 20.4. The second kappa shape index (κ2) is 9.68. The predicted molar refractivity (Wildman–Crippen MR) is 96.7 cm³/mol. The number of carbonyl (C=O) groups is 1. The van der Waals surface area contributed by atoms with E-state index in [0.717, 1.165) is 5.56 Å². The molecule has 0 amide bonds. The fourth-order valence-electron chi connectivity index (χ4n) is 2.45. The Morgan fingerprint density at radius 3 is 2.33 bits per heavy atom. The van der Waals surface area contributed by atoms with E-state index in [2.05, 4.69) is 4.74 Å². The van der Waals surface area contributed by atoms with Gasteiger partial charge in [0.2, 0.25) is 0 Å². The summed E-state index contributed by atoms with van der Waals surface area (Å²) in [7, 11) is 4.45. The van der Waals surface area contributed by atoms with Crippen molar-refractivity contribution in [2.45, 2.75) is 13.2 Å². The molecule has 0 N–H and O–H groups in total. The topological polar surface area (TPSA) is 54.0 Å². The third-order valence-electron chi connectivity index (χ3n) is 3.70. The highest BCUT2D eigenvalue weighted by Crippen LogP contribution is 2.30. The summed E-state index contributed by atoms with van der Waals surface area (Å²) in [5.74, 6) is 0.491. The van der Waals surface area contributed by atoms with Gasteiger partial charge in [0.1, 0.15) is 5.75 Å². The van der Waals surface area contributed by atoms with Gasteiger partial charge in [-0.05, 0) is 42.0 Å². The Morgan fingerprint density at radius 2 is 1.70 bits per heavy atom. The Labute approximate surface area is 156 Å². The third-order valence-corrected chi connectivity index (χ3v) is 3.70. The molecule has 2 aromatic carbocycles. The molecule has 27 heavy (non-hydrogen) atoms. The summed E-state index contributed by atoms with van der Waals surface area (Å²) in [6.07, 6.45) is 2.96. The van der Waals surface area contributed by atoms with Crippen molar-refractivity contribution >= 4 is 11.9 Å². The molecule has 0 heterocycles. The van der Waals surface area contributed by atoms with Gasteiger partial charge in [-0.3, -0.25) is 4.79 Å². The molecule has 0 saturated carbocycles. The van der Waals surface area contributed by atoms with Gasteiger partial charge >= 0.3 is 6.61 Å². The van der Waals surface area contributed by atoms with Gasteiger partial charge in [-0.15, -0.1) is 0 Å². The first-order valence-electron chi connectivity index (χ1n) is 7.99. The van der Waals surface area contributed by atoms with Crippen LogP contribution in [0.1, 0.15) is 21.5 Å². The van der Waals surface area contributed by atoms with Crippen molar-refractivity contribution in [3.63, 3.8) is 0 Å². The van der Waals surface area contributed by atoms with Crippen LogP contribution in [-0.4, -0.2) is 33.7 Å². The van der Waals surface area contributed by atoms with Gasteiger partial charge in [-0.25, -0.2) is 0 Å². The fourth-order valence-corrected chi connectivity index (χ4v) is 2.45. The number of halogens is 2. The van der Waals surface area contributed by atoms with Crippen LogP contribution in [0, 0.1) is 0 Å². The molecule has 2 aromatic rings. The van der Waals surface area contributed by atoms with Gasteiger partial charge in [0, 0.05) is 18.2 Å². The summed E-state index contributed by atoms with van der Waals surface area (Å²) >= 11 is 0. The van der Waals surface area contributed by atoms with E-state index >= 15 is 0 Å². The Kier molecular flexibility index (Phi) is 7.31. The maximum atomic E-state index is 12.4. The largest absolute Gasteiger partial charge is 0.496 e. The molecule has 2 rings (SSSR count). The normalized spacial score (nSPS) is 11.0. The van der Waals surface area contributed by atoms with Crippen molar-refractivity contribution < 1.29 is 32.5 Å². The van der Waals surface area contributed by atoms with E-state index in [1.54, 1.807) is 44.6 Å². The smallest absolute Gasteiger partial charge is 0.387 e. The standard InChI is InChI=1S/C20H20F2O5/c1-24-12-15-11-14(6-9-17(15)25-2)16(23)7-4-13-5-8-18(27-20(21)22)19(10-13)26-3/h4-11,20H,12H2,1-3H3/b7-4+. The molecular weight excluding hydrogens is 358 g/mol. The zero-order valence-electron chi connectivity index (χ0n) is 15.2. The van der Waals surface area contributed by atoms with Crippen LogP contribution in [0.15, 0.2) is 42.5 Å². The molecule has 7 heteroatoms. The molecule has 0 bridgehead atoms. The van der Waals surface area contributed by atoms with Gasteiger partial charge in [0.15, 0.2) is 17.3 Å². The van der Waals surface area contributed by atoms with E-state index in [4.69, 9.17) is 14.2 Å². The average Bonchev–Trinajstić information content (AvgIpc) is 2.66. The zero-order valence-corrected chi connectivity index (χ0v) is 15.2. The van der Waals surface area contributed by atoms with Gasteiger partial charge < -0.3 is 18.9 Å². The lowest BCUT2D eigenvalue weighted by atomic mass is 10.1. The second-order valence-corrected chi connectivity index (χ2v) is 5.45. The summed E-state index contributed by atoms with van der Waals surface area (Å²) in [6, 6.07) is 9.48. The molecule has 0 atom stereocenters. The molecule has 0 saturated heterocycles. The lowest BCUT2D eigenvalue weighted by Gasteiger charge is -2.10. The van der Waals surface area contributed by atoms with Crippen molar-refractivity contribution in [1.82, 2.24) is 0 Å². The first-order chi connectivity index (χ1) is 13.0. The highest BCUT2D eigenvalue weighted by atomic mass is 19.3. The van der Waals surface area contributed by atoms with Gasteiger partial charge in [-0.1, -0.05) is 12.1 Å². The maximum absolute atomic E-state index is 12.4. The van der Waals surface area contributed by atoms with Crippen LogP contribution in [0.4, 0.5) is 8.78 Å². The highest BCUT2D eigenvalue weighted by molar-refractivity contribution is 6.07. The molecule has 0 fully saturated rings. The molecular formula is C20H20F2O5. The van der Waals surface area contributed by atoms with Crippen LogP contribution in [0.5, 0.6) is 17.2 Å². The van der Waals surface area contributed by atoms with Crippen molar-refractivity contribution in [2.24, 2.45) is 0 Å². The van der Waals surface area contributed by atoms with Gasteiger partial charge in [0.25, 0.3) is 0 Å². The molecule has 0 aliphatic heterocycles. The SMILES string of the molecule is COCc1cc(C(=O)/C=C/c2ccc(OC(F)F)c(OC)c2)ccc1OC. The number of hydrogen-bond donors (Lipinski definition) is 0. The van der Waals surface area contributed by atoms with Crippen LogP contribution in [0.3, 0.4) is 0 Å². The van der Waals surface area contributed by atoms with Crippen molar-refractivity contribution in [3.05, 3.63) is 59.2 Å². The molecule has 144 valence electrons. The highest BCUT2D eigenvalue weighted by Gasteiger charge is 2.11. The van der Waals surface area contributed by atoms with E-state index in [1.165, 1.54) is 25.3 Å². The number of allylic oxidation sites excluding steroid dienone is 1. The van der Waals surface area contributed by atoms with Gasteiger partial charge in [-0.2, -0.15) is 8.78 Å². The van der Waals surface area contributed by atoms with Crippen LogP contribution in [0.25, 0.3) is 6.08 Å². The molecule has 0 aliphatic carbocycles. The van der Waals surface area contributed by atoms with Crippen molar-refractivity contribution in [1.29, 1.82) is 0 Å². The van der Waals surface area contributed by atoms with Gasteiger partial charge in [0.05, 0.1) is 20.8 Å². The Balaban J connectivity index is 2.20. The molecule has 0 unspecified atom stereocenters. The monoisotopic (exact) mass is 378 g/mol. The minimum absolute atomic E-state index is 0.0738. The van der Waals surface area contributed by atoms with E-state index in [-0.39, 0.29) is 17.3 Å². The number of rotatable bonds is 9. The number of hydrogen-bond acceptors (Lipinski definition) is 5. The molecule has 5 nitrogen and oxygen atoms in total. The minimum Gasteiger partial charge on any atom is -0.496 e. The van der Waals surface area contributed by atoms with Crippen LogP contribution in [-0.2, 0) is 11.3 Å². The zero-order chi connectivity index (χ0) is 19.8. The molecule has 0 spiro atoms. The summed E-state index contributed by atoms with van der Waals surface area (Å²) in [5.41, 5.74) is 1.84. The summed E-state index contributed by atoms with van der Waals surface area (Å²) in [5, 5.41) is 0. The Morgan fingerprint density at radius 1 is 1.00 bits per heavy atom. The van der Waals surface area contributed by atoms with Crippen molar-refractivity contribution in [3.8, 4) is 17.2 Å². The van der Waals surface area contributed by atoms with Crippen LogP contribution < -0.4 is 14.2 Å². The second-order valence-electron chi connectivity index (χ2n) is 5.45. The molecule has 0 radical (unpaired) electrons. The number of ether oxygens (including phenoxy) is 4. The fraction of sp³-hybridized carbons (Fsp3) is 0.250. The minimum atomic E-state index is -2.95. The van der Waals surface area contributed by atoms with Crippen molar-refractivity contribution in [2.75, 3.05) is 21.3 Å². The summed E-state index contributed by atoms with van der Waals surface area (Å²) in [6.45, 7) is -2.63. The summed E-state index contributed by atoms with van der Waals surface area (Å²) in [4.78, 5) is 12.4. The third kappa shape index (κ3) is 5.52. The molecule has 0 aromatic heterocycles. The number of ketones is 1. The average molecular weight is 378 g/mol. The first-order valence-corrected chi connectivity index (χ1v) is 7.99. The number of alkyl halides is 2. The lowest BCUT2D eigenvalue weighted by Crippen LogP contribution is -2.03. The molecule has 0 aliphatic rings. The summed E-state index contributed by atoms with van der Waals surface area (Å²) < 4.78 is 44.5. The Hall–Kier alpha value is -2.93. The van der Waals surface area contributed by atoms with Crippen LogP contribution in [0.2, 0.25) is 0 Å². The van der Waals surface area contributed by atoms with E-state index < -0.39 is 6.61 Å².